The molecule has 0 bridgehead atoms. The zero-order chi connectivity index (χ0) is 18.2. The van der Waals surface area contributed by atoms with Gasteiger partial charge in [0.05, 0.1) is 11.8 Å². The minimum absolute atomic E-state index is 0.143. The molecule has 27 heavy (non-hydrogen) atoms. The van der Waals surface area contributed by atoms with Gasteiger partial charge in [0.25, 0.3) is 5.91 Å². The van der Waals surface area contributed by atoms with Gasteiger partial charge in [0, 0.05) is 28.8 Å². The quantitative estimate of drug-likeness (QED) is 0.706. The van der Waals surface area contributed by atoms with Crippen LogP contribution in [0.1, 0.15) is 53.9 Å². The van der Waals surface area contributed by atoms with E-state index in [4.69, 9.17) is 4.42 Å². The minimum Gasteiger partial charge on any atom is -0.472 e. The van der Waals surface area contributed by atoms with Crippen LogP contribution in [0.25, 0.3) is 10.9 Å². The maximum atomic E-state index is 12.3. The summed E-state index contributed by atoms with van der Waals surface area (Å²) in [5, 5.41) is 4.21. The number of amides is 1. The molecule has 0 saturated carbocycles. The second kappa shape index (κ2) is 6.89. The lowest BCUT2D eigenvalue weighted by atomic mass is 9.82. The fourth-order valence-electron chi connectivity index (χ4n) is 4.83. The van der Waals surface area contributed by atoms with Gasteiger partial charge in [0.1, 0.15) is 6.26 Å². The van der Waals surface area contributed by atoms with Gasteiger partial charge in [-0.3, -0.25) is 4.79 Å². The monoisotopic (exact) mass is 363 g/mol. The Morgan fingerprint density at radius 2 is 2.15 bits per heavy atom. The highest BCUT2D eigenvalue weighted by atomic mass is 16.3. The summed E-state index contributed by atoms with van der Waals surface area (Å²) in [5.41, 5.74) is 3.89. The van der Waals surface area contributed by atoms with Crippen molar-refractivity contribution >= 4 is 22.5 Å². The highest BCUT2D eigenvalue weighted by Gasteiger charge is 2.31. The van der Waals surface area contributed by atoms with Gasteiger partial charge in [-0.15, -0.1) is 0 Å². The lowest BCUT2D eigenvalue weighted by Gasteiger charge is -2.42. The molecule has 1 aromatic carbocycles. The van der Waals surface area contributed by atoms with Crippen LogP contribution in [-0.4, -0.2) is 34.9 Å². The Bertz CT molecular complexity index is 944. The number of carbonyl (C=O) groups excluding carboxylic acids is 1. The first-order chi connectivity index (χ1) is 13.3. The molecule has 2 aromatic heterocycles. The van der Waals surface area contributed by atoms with Gasteiger partial charge >= 0.3 is 0 Å². The first-order valence-electron chi connectivity index (χ1n) is 9.96. The van der Waals surface area contributed by atoms with E-state index in [1.807, 2.05) is 6.07 Å². The summed E-state index contributed by atoms with van der Waals surface area (Å²) in [6.45, 7) is 2.48. The molecular weight excluding hydrogens is 338 g/mol. The molecule has 0 aliphatic carbocycles. The molecule has 4 heterocycles. The number of piperidine rings is 2. The first kappa shape index (κ1) is 16.6. The third kappa shape index (κ3) is 3.16. The molecule has 2 unspecified atom stereocenters. The van der Waals surface area contributed by atoms with Gasteiger partial charge in [0.2, 0.25) is 0 Å². The van der Waals surface area contributed by atoms with E-state index in [1.54, 1.807) is 6.07 Å². The van der Waals surface area contributed by atoms with E-state index in [2.05, 4.69) is 33.5 Å². The number of furan rings is 1. The average molecular weight is 363 g/mol. The molecule has 5 rings (SSSR count). The van der Waals surface area contributed by atoms with Crippen LogP contribution in [0.3, 0.4) is 0 Å². The summed E-state index contributed by atoms with van der Waals surface area (Å²) in [6.07, 6.45) is 11.7. The average Bonchev–Trinajstić information content (AvgIpc) is 3.37. The van der Waals surface area contributed by atoms with E-state index in [1.165, 1.54) is 68.7 Å². The first-order valence-corrected chi connectivity index (χ1v) is 9.96. The summed E-state index contributed by atoms with van der Waals surface area (Å²) in [7, 11) is 0. The number of nitrogens with one attached hydrogen (secondary N) is 2. The van der Waals surface area contributed by atoms with Crippen LogP contribution in [0.15, 0.2) is 47.4 Å². The maximum Gasteiger partial charge on any atom is 0.258 e. The molecule has 2 atom stereocenters. The Kier molecular flexibility index (Phi) is 4.24. The number of rotatable bonds is 3. The molecule has 2 aliphatic heterocycles. The molecule has 3 aromatic rings. The zero-order valence-corrected chi connectivity index (χ0v) is 15.4. The number of aromatic nitrogens is 1. The Balaban J connectivity index is 1.39. The lowest BCUT2D eigenvalue weighted by Crippen LogP contribution is -2.44. The van der Waals surface area contributed by atoms with E-state index >= 15 is 0 Å². The molecule has 5 nitrogen and oxygen atoms in total. The topological polar surface area (TPSA) is 61.3 Å². The minimum atomic E-state index is -0.143. The van der Waals surface area contributed by atoms with E-state index in [0.29, 0.717) is 11.5 Å². The number of carbonyl (C=O) groups is 1. The SMILES string of the molecule is O=C(Nc1ccc2[nH]cc(C3CCN4CCCCC4C3)c2c1)c1ccoc1. The normalized spacial score (nSPS) is 23.3. The van der Waals surface area contributed by atoms with Gasteiger partial charge in [-0.05, 0) is 74.5 Å². The van der Waals surface area contributed by atoms with Crippen molar-refractivity contribution in [3.05, 3.63) is 54.1 Å². The van der Waals surface area contributed by atoms with Crippen LogP contribution in [0.2, 0.25) is 0 Å². The molecule has 2 N–H and O–H groups in total. The third-order valence-corrected chi connectivity index (χ3v) is 6.27. The van der Waals surface area contributed by atoms with Crippen LogP contribution in [0.4, 0.5) is 5.69 Å². The summed E-state index contributed by atoms with van der Waals surface area (Å²) >= 11 is 0. The van der Waals surface area contributed by atoms with E-state index in [-0.39, 0.29) is 5.91 Å². The number of hydrogen-bond donors (Lipinski definition) is 2. The van der Waals surface area contributed by atoms with Crippen molar-refractivity contribution in [1.82, 2.24) is 9.88 Å². The highest BCUT2D eigenvalue weighted by Crippen LogP contribution is 2.38. The summed E-state index contributed by atoms with van der Waals surface area (Å²) in [6, 6.07) is 8.52. The number of H-pyrrole nitrogens is 1. The molecule has 0 spiro atoms. The van der Waals surface area contributed by atoms with Crippen LogP contribution in [0, 0.1) is 0 Å². The Morgan fingerprint density at radius 1 is 1.19 bits per heavy atom. The number of anilines is 1. The van der Waals surface area contributed by atoms with Crippen LogP contribution >= 0.6 is 0 Å². The summed E-state index contributed by atoms with van der Waals surface area (Å²) < 4.78 is 5.00. The molecule has 2 fully saturated rings. The largest absolute Gasteiger partial charge is 0.472 e. The molecule has 2 saturated heterocycles. The van der Waals surface area contributed by atoms with Gasteiger partial charge in [-0.1, -0.05) is 6.42 Å². The number of hydrogen-bond acceptors (Lipinski definition) is 3. The van der Waals surface area contributed by atoms with Crippen LogP contribution in [0.5, 0.6) is 0 Å². The second-order valence-electron chi connectivity index (χ2n) is 7.88. The van der Waals surface area contributed by atoms with Crippen molar-refractivity contribution in [2.75, 3.05) is 18.4 Å². The summed E-state index contributed by atoms with van der Waals surface area (Å²) in [5.74, 6) is 0.452. The van der Waals surface area contributed by atoms with Crippen molar-refractivity contribution in [3.63, 3.8) is 0 Å². The van der Waals surface area contributed by atoms with Crippen molar-refractivity contribution < 1.29 is 9.21 Å². The van der Waals surface area contributed by atoms with Crippen LogP contribution < -0.4 is 5.32 Å². The predicted octanol–water partition coefficient (Wildman–Crippen LogP) is 4.75. The Hall–Kier alpha value is -2.53. The number of benzene rings is 1. The van der Waals surface area contributed by atoms with E-state index < -0.39 is 0 Å². The molecule has 1 amide bonds. The standard InChI is InChI=1S/C22H25N3O2/c26-22(16-7-10-27-14-16)24-17-4-5-21-19(12-17)20(13-23-21)15-6-9-25-8-2-1-3-18(25)11-15/h4-5,7,10,12-15,18,23H,1-3,6,8-9,11H2,(H,24,26). The fraction of sp³-hybridized carbons (Fsp3) is 0.409. The van der Waals surface area contributed by atoms with Crippen molar-refractivity contribution in [2.45, 2.75) is 44.1 Å². The lowest BCUT2D eigenvalue weighted by molar-refractivity contribution is 0.0977. The molecule has 2 aliphatic rings. The van der Waals surface area contributed by atoms with Gasteiger partial charge < -0.3 is 19.6 Å². The Morgan fingerprint density at radius 3 is 3.04 bits per heavy atom. The zero-order valence-electron chi connectivity index (χ0n) is 15.4. The van der Waals surface area contributed by atoms with E-state index in [0.717, 1.165) is 17.2 Å². The smallest absolute Gasteiger partial charge is 0.258 e. The third-order valence-electron chi connectivity index (χ3n) is 6.27. The van der Waals surface area contributed by atoms with Crippen molar-refractivity contribution in [2.24, 2.45) is 0 Å². The van der Waals surface area contributed by atoms with Gasteiger partial charge in [-0.2, -0.15) is 0 Å². The maximum absolute atomic E-state index is 12.3. The fourth-order valence-corrected chi connectivity index (χ4v) is 4.83. The second-order valence-corrected chi connectivity index (χ2v) is 7.88. The molecule has 5 heteroatoms. The van der Waals surface area contributed by atoms with E-state index in [9.17, 15) is 4.79 Å². The Labute approximate surface area is 158 Å². The van der Waals surface area contributed by atoms with Crippen molar-refractivity contribution in [1.29, 1.82) is 0 Å². The van der Waals surface area contributed by atoms with Crippen LogP contribution in [-0.2, 0) is 0 Å². The van der Waals surface area contributed by atoms with Gasteiger partial charge in [0.15, 0.2) is 0 Å². The van der Waals surface area contributed by atoms with Gasteiger partial charge in [-0.25, -0.2) is 0 Å². The number of fused-ring (bicyclic) bond motifs is 2. The highest BCUT2D eigenvalue weighted by molar-refractivity contribution is 6.05. The molecule has 140 valence electrons. The number of aromatic amines is 1. The van der Waals surface area contributed by atoms with Crippen molar-refractivity contribution in [3.8, 4) is 0 Å². The summed E-state index contributed by atoms with van der Waals surface area (Å²) in [4.78, 5) is 18.4. The number of nitrogens with zero attached hydrogens (tertiary/aromatic N) is 1. The molecule has 0 radical (unpaired) electrons. The molecular formula is C22H25N3O2. The predicted molar refractivity (Wildman–Crippen MR) is 106 cm³/mol.